The number of hydrogen-bond acceptors (Lipinski definition) is 3. The summed E-state index contributed by atoms with van der Waals surface area (Å²) in [4.78, 5) is 14.8. The van der Waals surface area contributed by atoms with Gasteiger partial charge in [-0.05, 0) is 49.9 Å². The van der Waals surface area contributed by atoms with Gasteiger partial charge in [0.05, 0.1) is 18.1 Å². The molecule has 0 aliphatic carbocycles. The van der Waals surface area contributed by atoms with E-state index in [2.05, 4.69) is 6.92 Å². The van der Waals surface area contributed by atoms with Crippen LogP contribution < -0.4 is 10.6 Å². The second-order valence-corrected chi connectivity index (χ2v) is 6.06. The number of anilines is 2. The van der Waals surface area contributed by atoms with Crippen LogP contribution in [0.3, 0.4) is 0 Å². The third-order valence-corrected chi connectivity index (χ3v) is 4.79. The minimum atomic E-state index is -0.0477. The van der Waals surface area contributed by atoms with Crippen molar-refractivity contribution in [1.82, 2.24) is 0 Å². The molecule has 108 valence electrons. The molecule has 2 heterocycles. The Bertz CT molecular complexity index is 543. The molecule has 1 amide bonds. The number of rotatable bonds is 1. The predicted molar refractivity (Wildman–Crippen MR) is 79.6 cm³/mol. The van der Waals surface area contributed by atoms with Crippen LogP contribution in [0.25, 0.3) is 0 Å². The van der Waals surface area contributed by atoms with Crippen molar-refractivity contribution in [2.24, 2.45) is 11.8 Å². The molecule has 20 heavy (non-hydrogen) atoms. The van der Waals surface area contributed by atoms with Gasteiger partial charge in [-0.2, -0.15) is 0 Å². The summed E-state index contributed by atoms with van der Waals surface area (Å²) in [5, 5.41) is 0. The van der Waals surface area contributed by atoms with Gasteiger partial charge in [0.15, 0.2) is 0 Å². The van der Waals surface area contributed by atoms with E-state index < -0.39 is 0 Å². The van der Waals surface area contributed by atoms with Gasteiger partial charge >= 0.3 is 0 Å². The quantitative estimate of drug-likeness (QED) is 0.799. The lowest BCUT2D eigenvalue weighted by atomic mass is 9.88. The van der Waals surface area contributed by atoms with Crippen LogP contribution >= 0.6 is 0 Å². The average molecular weight is 274 g/mol. The number of fused-ring (bicyclic) bond motifs is 1. The molecule has 1 aromatic carbocycles. The Kier molecular flexibility index (Phi) is 3.21. The number of nitrogens with zero attached hydrogens (tertiary/aromatic N) is 1. The summed E-state index contributed by atoms with van der Waals surface area (Å²) in [6, 6.07) is 5.80. The van der Waals surface area contributed by atoms with E-state index in [-0.39, 0.29) is 30.0 Å². The summed E-state index contributed by atoms with van der Waals surface area (Å²) in [5.41, 5.74) is 8.76. The molecule has 1 saturated heterocycles. The van der Waals surface area contributed by atoms with Gasteiger partial charge in [-0.3, -0.25) is 4.79 Å². The minimum absolute atomic E-state index is 0.00895. The highest BCUT2D eigenvalue weighted by Gasteiger charge is 2.44. The molecular formula is C16H22N2O2. The molecule has 4 unspecified atom stereocenters. The smallest absolute Gasteiger partial charge is 0.233 e. The lowest BCUT2D eigenvalue weighted by molar-refractivity contribution is -0.124. The molecule has 0 radical (unpaired) electrons. The van der Waals surface area contributed by atoms with Crippen LogP contribution in [0.1, 0.15) is 26.3 Å². The summed E-state index contributed by atoms with van der Waals surface area (Å²) < 4.78 is 5.81. The van der Waals surface area contributed by atoms with E-state index in [1.54, 1.807) is 0 Å². The molecule has 0 saturated carbocycles. The molecule has 4 atom stereocenters. The first-order valence-electron chi connectivity index (χ1n) is 7.34. The zero-order valence-corrected chi connectivity index (χ0v) is 12.3. The number of carbonyl (C=O) groups excluding carboxylic acids is 1. The van der Waals surface area contributed by atoms with E-state index in [1.807, 2.05) is 36.9 Å². The van der Waals surface area contributed by atoms with Crippen LogP contribution in [0, 0.1) is 11.8 Å². The summed E-state index contributed by atoms with van der Waals surface area (Å²) in [7, 11) is 0. The van der Waals surface area contributed by atoms with E-state index in [9.17, 15) is 4.79 Å². The molecule has 1 fully saturated rings. The Morgan fingerprint density at radius 1 is 1.30 bits per heavy atom. The second kappa shape index (κ2) is 4.77. The van der Waals surface area contributed by atoms with Gasteiger partial charge in [0.25, 0.3) is 0 Å². The highest BCUT2D eigenvalue weighted by atomic mass is 16.5. The normalized spacial score (nSPS) is 32.5. The number of amides is 1. The summed E-state index contributed by atoms with van der Waals surface area (Å²) in [6.07, 6.45) is 1.02. The molecule has 2 aliphatic rings. The van der Waals surface area contributed by atoms with Gasteiger partial charge < -0.3 is 15.4 Å². The lowest BCUT2D eigenvalue weighted by Gasteiger charge is -2.25. The van der Waals surface area contributed by atoms with Gasteiger partial charge in [-0.15, -0.1) is 0 Å². The van der Waals surface area contributed by atoms with Gasteiger partial charge in [0.2, 0.25) is 5.91 Å². The van der Waals surface area contributed by atoms with Crippen molar-refractivity contribution in [1.29, 1.82) is 0 Å². The van der Waals surface area contributed by atoms with Crippen LogP contribution in [0.5, 0.6) is 0 Å². The fourth-order valence-corrected chi connectivity index (χ4v) is 3.52. The third kappa shape index (κ3) is 1.99. The Balaban J connectivity index is 1.87. The van der Waals surface area contributed by atoms with Gasteiger partial charge in [0.1, 0.15) is 0 Å². The molecule has 4 nitrogen and oxygen atoms in total. The Hall–Kier alpha value is -1.55. The van der Waals surface area contributed by atoms with E-state index in [4.69, 9.17) is 10.5 Å². The largest absolute Gasteiger partial charge is 0.399 e. The van der Waals surface area contributed by atoms with Crippen molar-refractivity contribution in [3.05, 3.63) is 23.8 Å². The van der Waals surface area contributed by atoms with E-state index in [1.165, 1.54) is 5.56 Å². The minimum Gasteiger partial charge on any atom is -0.399 e. The predicted octanol–water partition coefficient (Wildman–Crippen LogP) is 2.22. The van der Waals surface area contributed by atoms with Crippen molar-refractivity contribution in [2.75, 3.05) is 17.2 Å². The molecule has 4 heteroatoms. The topological polar surface area (TPSA) is 55.6 Å². The lowest BCUT2D eigenvalue weighted by Crippen LogP contribution is -2.40. The Morgan fingerprint density at radius 3 is 2.70 bits per heavy atom. The molecule has 2 N–H and O–H groups in total. The molecular weight excluding hydrogens is 252 g/mol. The van der Waals surface area contributed by atoms with Gasteiger partial charge in [-0.25, -0.2) is 0 Å². The number of carbonyl (C=O) groups is 1. The summed E-state index contributed by atoms with van der Waals surface area (Å²) >= 11 is 0. The first kappa shape index (κ1) is 13.4. The highest BCUT2D eigenvalue weighted by molar-refractivity contribution is 5.98. The van der Waals surface area contributed by atoms with E-state index in [0.29, 0.717) is 0 Å². The maximum atomic E-state index is 12.9. The monoisotopic (exact) mass is 274 g/mol. The molecule has 0 spiro atoms. The molecule has 3 rings (SSSR count). The number of hydrogen-bond donors (Lipinski definition) is 1. The van der Waals surface area contributed by atoms with Crippen LogP contribution in [0.4, 0.5) is 11.4 Å². The fraction of sp³-hybridized carbons (Fsp3) is 0.562. The number of nitrogen functional groups attached to an aromatic ring is 1. The number of benzene rings is 1. The van der Waals surface area contributed by atoms with E-state index in [0.717, 1.165) is 24.3 Å². The first-order valence-corrected chi connectivity index (χ1v) is 7.34. The SMILES string of the molecule is CC1OC(C)C(C(=O)N2CCc3cc(N)ccc32)C1C. The maximum Gasteiger partial charge on any atom is 0.233 e. The standard InChI is InChI=1S/C16H22N2O2/c1-9-10(2)20-11(3)15(9)16(19)18-7-6-12-8-13(17)4-5-14(12)18/h4-5,8-11,15H,6-7,17H2,1-3H3. The van der Waals surface area contributed by atoms with Crippen molar-refractivity contribution in [3.8, 4) is 0 Å². The Morgan fingerprint density at radius 2 is 2.05 bits per heavy atom. The van der Waals surface area contributed by atoms with Crippen molar-refractivity contribution < 1.29 is 9.53 Å². The molecule has 1 aromatic rings. The second-order valence-electron chi connectivity index (χ2n) is 6.06. The summed E-state index contributed by atoms with van der Waals surface area (Å²) in [6.45, 7) is 6.91. The average Bonchev–Trinajstić information content (AvgIpc) is 2.91. The maximum absolute atomic E-state index is 12.9. The Labute approximate surface area is 119 Å². The summed E-state index contributed by atoms with van der Waals surface area (Å²) in [5.74, 6) is 0.404. The first-order chi connectivity index (χ1) is 9.49. The van der Waals surface area contributed by atoms with Crippen LogP contribution in [-0.4, -0.2) is 24.7 Å². The van der Waals surface area contributed by atoms with Crippen molar-refractivity contribution >= 4 is 17.3 Å². The van der Waals surface area contributed by atoms with Crippen LogP contribution in [0.2, 0.25) is 0 Å². The number of nitrogens with two attached hydrogens (primary N) is 1. The van der Waals surface area contributed by atoms with Crippen LogP contribution in [-0.2, 0) is 16.0 Å². The van der Waals surface area contributed by atoms with Crippen LogP contribution in [0.15, 0.2) is 18.2 Å². The zero-order chi connectivity index (χ0) is 14.4. The van der Waals surface area contributed by atoms with E-state index >= 15 is 0 Å². The van der Waals surface area contributed by atoms with Gasteiger partial charge in [0, 0.05) is 17.9 Å². The fourth-order valence-electron chi connectivity index (χ4n) is 3.52. The van der Waals surface area contributed by atoms with Crippen molar-refractivity contribution in [3.63, 3.8) is 0 Å². The molecule has 0 bridgehead atoms. The zero-order valence-electron chi connectivity index (χ0n) is 12.3. The highest BCUT2D eigenvalue weighted by Crippen LogP contribution is 2.37. The molecule has 2 aliphatic heterocycles. The number of ether oxygens (including phenoxy) is 1. The third-order valence-electron chi connectivity index (χ3n) is 4.79. The van der Waals surface area contributed by atoms with Crippen molar-refractivity contribution in [2.45, 2.75) is 39.4 Å². The van der Waals surface area contributed by atoms with Gasteiger partial charge in [-0.1, -0.05) is 6.92 Å². The molecule has 0 aromatic heterocycles.